The summed E-state index contributed by atoms with van der Waals surface area (Å²) in [6, 6.07) is 9.04. The Bertz CT molecular complexity index is 1380. The van der Waals surface area contributed by atoms with Crippen molar-refractivity contribution in [2.45, 2.75) is 38.8 Å². The van der Waals surface area contributed by atoms with Gasteiger partial charge in [0.25, 0.3) is 0 Å². The highest BCUT2D eigenvalue weighted by molar-refractivity contribution is 5.98. The Morgan fingerprint density at radius 3 is 2.74 bits per heavy atom. The normalized spacial score (nSPS) is 16.7. The van der Waals surface area contributed by atoms with Crippen molar-refractivity contribution < 1.29 is 9.53 Å². The minimum Gasteiger partial charge on any atom is -0.381 e. The zero-order chi connectivity index (χ0) is 23.2. The van der Waals surface area contributed by atoms with Gasteiger partial charge in [0.15, 0.2) is 0 Å². The van der Waals surface area contributed by atoms with Gasteiger partial charge in [-0.05, 0) is 29.9 Å². The molecule has 1 fully saturated rings. The largest absolute Gasteiger partial charge is 0.381 e. The SMILES string of the molecule is CC(=O)N1CCc2c(c(-c3cccc4cc(-c5cnn(C)c5)ncc34)cn2C2CCOCC2)C1. The molecule has 0 atom stereocenters. The van der Waals surface area contributed by atoms with Crippen molar-refractivity contribution in [3.05, 3.63) is 60.3 Å². The number of ether oxygens (including phenoxy) is 1. The van der Waals surface area contributed by atoms with E-state index in [0.717, 1.165) is 61.1 Å². The third-order valence-electron chi connectivity index (χ3n) is 7.31. The first-order valence-corrected chi connectivity index (χ1v) is 12.0. The van der Waals surface area contributed by atoms with E-state index in [0.29, 0.717) is 12.6 Å². The van der Waals surface area contributed by atoms with Gasteiger partial charge in [-0.25, -0.2) is 0 Å². The highest BCUT2D eigenvalue weighted by Crippen LogP contribution is 2.39. The number of aromatic nitrogens is 4. The fourth-order valence-corrected chi connectivity index (χ4v) is 5.48. The molecule has 0 spiro atoms. The molecule has 0 bridgehead atoms. The number of fused-ring (bicyclic) bond motifs is 2. The minimum absolute atomic E-state index is 0.135. The number of aryl methyl sites for hydroxylation is 1. The molecule has 1 saturated heterocycles. The Morgan fingerprint density at radius 1 is 1.12 bits per heavy atom. The predicted molar refractivity (Wildman–Crippen MR) is 131 cm³/mol. The predicted octanol–water partition coefficient (Wildman–Crippen LogP) is 4.36. The van der Waals surface area contributed by atoms with E-state index in [1.54, 1.807) is 11.6 Å². The molecular formula is C27H29N5O2. The summed E-state index contributed by atoms with van der Waals surface area (Å²) < 4.78 is 9.91. The number of rotatable bonds is 3. The Labute approximate surface area is 199 Å². The Balaban J connectivity index is 1.49. The van der Waals surface area contributed by atoms with E-state index >= 15 is 0 Å². The number of carbonyl (C=O) groups is 1. The molecule has 6 rings (SSSR count). The lowest BCUT2D eigenvalue weighted by atomic mass is 9.95. The average molecular weight is 456 g/mol. The summed E-state index contributed by atoms with van der Waals surface area (Å²) in [5.41, 5.74) is 6.97. The molecule has 0 saturated carbocycles. The van der Waals surface area contributed by atoms with Crippen LogP contribution in [0.4, 0.5) is 0 Å². The van der Waals surface area contributed by atoms with Crippen LogP contribution in [0.15, 0.2) is 49.1 Å². The van der Waals surface area contributed by atoms with Gasteiger partial charge in [0.05, 0.1) is 11.9 Å². The maximum absolute atomic E-state index is 12.2. The van der Waals surface area contributed by atoms with Crippen LogP contribution in [-0.4, -0.2) is 49.9 Å². The second-order valence-electron chi connectivity index (χ2n) is 9.41. The number of hydrogen-bond acceptors (Lipinski definition) is 4. The minimum atomic E-state index is 0.135. The molecule has 7 nitrogen and oxygen atoms in total. The lowest BCUT2D eigenvalue weighted by Gasteiger charge is -2.30. The third-order valence-corrected chi connectivity index (χ3v) is 7.31. The van der Waals surface area contributed by atoms with Gasteiger partial charge >= 0.3 is 0 Å². The molecule has 2 aliphatic heterocycles. The molecular weight excluding hydrogens is 426 g/mol. The van der Waals surface area contributed by atoms with Crippen LogP contribution >= 0.6 is 0 Å². The monoisotopic (exact) mass is 455 g/mol. The standard InChI is InChI=1S/C27H29N5O2/c1-18(33)31-9-6-27-25(16-31)24(17-32(27)21-7-10-34-11-8-21)22-5-3-4-19-12-26(28-14-23(19)22)20-13-29-30(2)15-20/h3-5,12-15,17,21H,6-11,16H2,1-2H3. The zero-order valence-electron chi connectivity index (χ0n) is 19.7. The first-order chi connectivity index (χ1) is 16.6. The number of hydrogen-bond donors (Lipinski definition) is 0. The van der Waals surface area contributed by atoms with Crippen LogP contribution in [0.2, 0.25) is 0 Å². The molecule has 0 unspecified atom stereocenters. The molecule has 0 N–H and O–H groups in total. The van der Waals surface area contributed by atoms with E-state index in [9.17, 15) is 4.79 Å². The van der Waals surface area contributed by atoms with Crippen molar-refractivity contribution in [2.75, 3.05) is 19.8 Å². The van der Waals surface area contributed by atoms with Crippen LogP contribution in [0.25, 0.3) is 33.2 Å². The molecule has 1 aromatic carbocycles. The Hall–Kier alpha value is -3.45. The maximum Gasteiger partial charge on any atom is 0.219 e. The summed E-state index contributed by atoms with van der Waals surface area (Å²) in [6.45, 7) is 4.72. The van der Waals surface area contributed by atoms with Crippen molar-refractivity contribution in [2.24, 2.45) is 7.05 Å². The molecule has 0 aliphatic carbocycles. The lowest BCUT2D eigenvalue weighted by molar-refractivity contribution is -0.129. The highest BCUT2D eigenvalue weighted by Gasteiger charge is 2.29. The van der Waals surface area contributed by atoms with Gasteiger partial charge in [-0.2, -0.15) is 5.10 Å². The van der Waals surface area contributed by atoms with Crippen molar-refractivity contribution in [1.82, 2.24) is 24.2 Å². The highest BCUT2D eigenvalue weighted by atomic mass is 16.5. The number of pyridine rings is 1. The maximum atomic E-state index is 12.2. The van der Waals surface area contributed by atoms with Gasteiger partial charge < -0.3 is 14.2 Å². The molecule has 174 valence electrons. The van der Waals surface area contributed by atoms with E-state index in [2.05, 4.69) is 40.1 Å². The van der Waals surface area contributed by atoms with Crippen LogP contribution in [0.5, 0.6) is 0 Å². The van der Waals surface area contributed by atoms with E-state index < -0.39 is 0 Å². The molecule has 34 heavy (non-hydrogen) atoms. The van der Waals surface area contributed by atoms with Crippen molar-refractivity contribution >= 4 is 16.7 Å². The van der Waals surface area contributed by atoms with Crippen molar-refractivity contribution in [1.29, 1.82) is 0 Å². The van der Waals surface area contributed by atoms with E-state index in [4.69, 9.17) is 9.72 Å². The first-order valence-electron chi connectivity index (χ1n) is 12.0. The number of carbonyl (C=O) groups excluding carboxylic acids is 1. The van der Waals surface area contributed by atoms with Crippen LogP contribution < -0.4 is 0 Å². The van der Waals surface area contributed by atoms with Gasteiger partial charge in [-0.1, -0.05) is 18.2 Å². The summed E-state index contributed by atoms with van der Waals surface area (Å²) >= 11 is 0. The van der Waals surface area contributed by atoms with Crippen LogP contribution in [0.3, 0.4) is 0 Å². The van der Waals surface area contributed by atoms with Crippen molar-refractivity contribution in [3.8, 4) is 22.4 Å². The fraction of sp³-hybridized carbons (Fsp3) is 0.370. The molecule has 0 radical (unpaired) electrons. The van der Waals surface area contributed by atoms with E-state index in [1.807, 2.05) is 30.5 Å². The molecule has 2 aliphatic rings. The first kappa shape index (κ1) is 21.1. The topological polar surface area (TPSA) is 65.2 Å². The molecule has 7 heteroatoms. The summed E-state index contributed by atoms with van der Waals surface area (Å²) in [7, 11) is 1.92. The average Bonchev–Trinajstić information content (AvgIpc) is 3.47. The molecule has 4 aromatic rings. The fourth-order valence-electron chi connectivity index (χ4n) is 5.48. The third kappa shape index (κ3) is 3.60. The van der Waals surface area contributed by atoms with Gasteiger partial charge in [-0.3, -0.25) is 14.5 Å². The van der Waals surface area contributed by atoms with Gasteiger partial charge in [0.1, 0.15) is 0 Å². The quantitative estimate of drug-likeness (QED) is 0.460. The van der Waals surface area contributed by atoms with E-state index in [1.165, 1.54) is 22.4 Å². The molecule has 3 aromatic heterocycles. The van der Waals surface area contributed by atoms with Gasteiger partial charge in [0.2, 0.25) is 5.91 Å². The Kier molecular flexibility index (Phi) is 5.21. The van der Waals surface area contributed by atoms with E-state index in [-0.39, 0.29) is 5.91 Å². The lowest BCUT2D eigenvalue weighted by Crippen LogP contribution is -2.35. The molecule has 5 heterocycles. The zero-order valence-corrected chi connectivity index (χ0v) is 19.7. The van der Waals surface area contributed by atoms with Gasteiger partial charge in [-0.15, -0.1) is 0 Å². The van der Waals surface area contributed by atoms with Crippen molar-refractivity contribution in [3.63, 3.8) is 0 Å². The number of benzene rings is 1. The summed E-state index contributed by atoms with van der Waals surface area (Å²) in [5.74, 6) is 0.135. The number of nitrogens with zero attached hydrogens (tertiary/aromatic N) is 5. The second kappa shape index (κ2) is 8.40. The van der Waals surface area contributed by atoms with Gasteiger partial charge in [0, 0.05) is 99.1 Å². The smallest absolute Gasteiger partial charge is 0.219 e. The van der Waals surface area contributed by atoms with Crippen LogP contribution in [-0.2, 0) is 29.5 Å². The van der Waals surface area contributed by atoms with Crippen LogP contribution in [0.1, 0.15) is 37.1 Å². The second-order valence-corrected chi connectivity index (χ2v) is 9.41. The number of amides is 1. The van der Waals surface area contributed by atoms with Crippen LogP contribution in [0, 0.1) is 0 Å². The summed E-state index contributed by atoms with van der Waals surface area (Å²) in [6.07, 6.45) is 11.1. The summed E-state index contributed by atoms with van der Waals surface area (Å²) in [5, 5.41) is 6.57. The Morgan fingerprint density at radius 2 is 1.97 bits per heavy atom. The molecule has 1 amide bonds. The summed E-state index contributed by atoms with van der Waals surface area (Å²) in [4.78, 5) is 19.0.